The highest BCUT2D eigenvalue weighted by molar-refractivity contribution is 7.09. The van der Waals surface area contributed by atoms with Gasteiger partial charge in [0.2, 0.25) is 0 Å². The molecule has 0 saturated carbocycles. The minimum Gasteiger partial charge on any atom is -0.368 e. The van der Waals surface area contributed by atoms with Gasteiger partial charge in [-0.25, -0.2) is 4.98 Å². The van der Waals surface area contributed by atoms with Crippen LogP contribution in [0.3, 0.4) is 0 Å². The minimum atomic E-state index is 0.109. The molecule has 1 aromatic heterocycles. The molecule has 0 unspecified atom stereocenters. The van der Waals surface area contributed by atoms with Crippen molar-refractivity contribution in [3.8, 4) is 0 Å². The largest absolute Gasteiger partial charge is 0.368 e. The van der Waals surface area contributed by atoms with Gasteiger partial charge in [0.15, 0.2) is 0 Å². The fourth-order valence-corrected chi connectivity index (χ4v) is 3.20. The van der Waals surface area contributed by atoms with Gasteiger partial charge in [-0.2, -0.15) is 0 Å². The minimum absolute atomic E-state index is 0.109. The Balaban J connectivity index is 2.09. The Morgan fingerprint density at radius 1 is 1.58 bits per heavy atom. The predicted octanol–water partition coefficient (Wildman–Crippen LogP) is 3.39. The van der Waals surface area contributed by atoms with E-state index in [0.717, 1.165) is 30.4 Å². The zero-order chi connectivity index (χ0) is 14.0. The van der Waals surface area contributed by atoms with Crippen molar-refractivity contribution in [3.05, 3.63) is 28.7 Å². The maximum atomic E-state index is 5.89. The summed E-state index contributed by atoms with van der Waals surface area (Å²) in [6.45, 7) is 15.3. The molecule has 2 heterocycles. The highest BCUT2D eigenvalue weighted by Crippen LogP contribution is 2.30. The molecule has 0 aromatic carbocycles. The van der Waals surface area contributed by atoms with Crippen LogP contribution in [0.15, 0.2) is 18.0 Å². The first-order valence-corrected chi connectivity index (χ1v) is 7.74. The predicted molar refractivity (Wildman–Crippen MR) is 80.7 cm³/mol. The Labute approximate surface area is 120 Å². The molecular weight excluding hydrogens is 256 g/mol. The van der Waals surface area contributed by atoms with E-state index in [2.05, 4.69) is 44.6 Å². The fourth-order valence-electron chi connectivity index (χ4n) is 2.12. The second kappa shape index (κ2) is 5.73. The van der Waals surface area contributed by atoms with Crippen LogP contribution in [-0.2, 0) is 10.2 Å². The number of aromatic nitrogens is 1. The average molecular weight is 280 g/mol. The van der Waals surface area contributed by atoms with Gasteiger partial charge in [-0.15, -0.1) is 17.9 Å². The van der Waals surface area contributed by atoms with E-state index in [4.69, 9.17) is 9.72 Å². The number of hydrogen-bond acceptors (Lipinski definition) is 4. The molecule has 3 nitrogen and oxygen atoms in total. The fraction of sp³-hybridized carbons (Fsp3) is 0.667. The van der Waals surface area contributed by atoms with Crippen LogP contribution >= 0.6 is 11.3 Å². The number of nitrogens with zero attached hydrogens (tertiary/aromatic N) is 2. The van der Waals surface area contributed by atoms with E-state index in [1.54, 1.807) is 11.3 Å². The molecule has 0 aliphatic carbocycles. The zero-order valence-electron chi connectivity index (χ0n) is 12.3. The van der Waals surface area contributed by atoms with Crippen molar-refractivity contribution in [2.75, 3.05) is 19.7 Å². The quantitative estimate of drug-likeness (QED) is 0.794. The third-order valence-corrected chi connectivity index (χ3v) is 4.52. The first-order valence-electron chi connectivity index (χ1n) is 6.86. The Hall–Kier alpha value is -0.710. The molecule has 1 aliphatic rings. The second-order valence-electron chi connectivity index (χ2n) is 6.15. The summed E-state index contributed by atoms with van der Waals surface area (Å²) in [5.74, 6) is 0. The van der Waals surface area contributed by atoms with Crippen LogP contribution in [0.2, 0.25) is 0 Å². The van der Waals surface area contributed by atoms with Crippen LogP contribution in [-0.4, -0.2) is 35.6 Å². The molecule has 1 saturated heterocycles. The van der Waals surface area contributed by atoms with Crippen molar-refractivity contribution in [1.29, 1.82) is 0 Å². The van der Waals surface area contributed by atoms with Gasteiger partial charge in [-0.1, -0.05) is 26.8 Å². The maximum Gasteiger partial charge on any atom is 0.123 e. The van der Waals surface area contributed by atoms with Crippen LogP contribution in [0, 0.1) is 0 Å². The molecule has 4 heteroatoms. The number of rotatable bonds is 3. The van der Waals surface area contributed by atoms with Crippen molar-refractivity contribution in [2.45, 2.75) is 45.3 Å². The summed E-state index contributed by atoms with van der Waals surface area (Å²) in [7, 11) is 0. The Morgan fingerprint density at radius 2 is 2.32 bits per heavy atom. The molecule has 1 aromatic rings. The standard InChI is InChI=1S/C15H24N2OS/c1-6-11(2)17-7-8-18-12(9-17)14-16-13(10-19-14)15(3,4)5/h6,10-12H,1,7-9H2,2-5H3/t11-,12-/m1/s1. The molecule has 0 radical (unpaired) electrons. The maximum absolute atomic E-state index is 5.89. The molecular formula is C15H24N2OS. The Kier molecular flexibility index (Phi) is 4.43. The van der Waals surface area contributed by atoms with E-state index in [1.807, 2.05) is 6.08 Å². The first-order chi connectivity index (χ1) is 8.91. The topological polar surface area (TPSA) is 25.4 Å². The molecule has 2 atom stereocenters. The third-order valence-electron chi connectivity index (χ3n) is 3.58. The summed E-state index contributed by atoms with van der Waals surface area (Å²) < 4.78 is 5.89. The van der Waals surface area contributed by atoms with Crippen LogP contribution in [0.4, 0.5) is 0 Å². The van der Waals surface area contributed by atoms with E-state index < -0.39 is 0 Å². The van der Waals surface area contributed by atoms with Crippen LogP contribution in [0.1, 0.15) is 44.5 Å². The molecule has 0 spiro atoms. The number of ether oxygens (including phenoxy) is 1. The summed E-state index contributed by atoms with van der Waals surface area (Å²) in [4.78, 5) is 7.17. The van der Waals surface area contributed by atoms with Gasteiger partial charge < -0.3 is 4.74 Å². The lowest BCUT2D eigenvalue weighted by Gasteiger charge is -2.34. The molecule has 106 valence electrons. The smallest absolute Gasteiger partial charge is 0.123 e. The van der Waals surface area contributed by atoms with Gasteiger partial charge >= 0.3 is 0 Å². The van der Waals surface area contributed by atoms with Crippen molar-refractivity contribution in [1.82, 2.24) is 9.88 Å². The lowest BCUT2D eigenvalue weighted by atomic mass is 9.93. The van der Waals surface area contributed by atoms with E-state index in [1.165, 1.54) is 0 Å². The van der Waals surface area contributed by atoms with Gasteiger partial charge in [0.05, 0.1) is 12.3 Å². The highest BCUT2D eigenvalue weighted by atomic mass is 32.1. The van der Waals surface area contributed by atoms with Gasteiger partial charge in [0.1, 0.15) is 11.1 Å². The lowest BCUT2D eigenvalue weighted by Crippen LogP contribution is -2.42. The van der Waals surface area contributed by atoms with Gasteiger partial charge in [-0.05, 0) is 6.92 Å². The van der Waals surface area contributed by atoms with Crippen molar-refractivity contribution >= 4 is 11.3 Å². The van der Waals surface area contributed by atoms with Gasteiger partial charge in [-0.3, -0.25) is 4.90 Å². The normalized spacial score (nSPS) is 23.3. The first kappa shape index (κ1) is 14.7. The molecule has 19 heavy (non-hydrogen) atoms. The van der Waals surface area contributed by atoms with E-state index in [-0.39, 0.29) is 11.5 Å². The van der Waals surface area contributed by atoms with Gasteiger partial charge in [0, 0.05) is 29.9 Å². The molecule has 1 fully saturated rings. The second-order valence-corrected chi connectivity index (χ2v) is 7.04. The SMILES string of the molecule is C=C[C@@H](C)N1CCO[C@@H](c2nc(C(C)(C)C)cs2)C1. The lowest BCUT2D eigenvalue weighted by molar-refractivity contribution is -0.0368. The monoisotopic (exact) mass is 280 g/mol. The Bertz CT molecular complexity index is 436. The van der Waals surface area contributed by atoms with Crippen LogP contribution in [0.25, 0.3) is 0 Å². The number of hydrogen-bond donors (Lipinski definition) is 0. The van der Waals surface area contributed by atoms with E-state index in [9.17, 15) is 0 Å². The molecule has 1 aliphatic heterocycles. The highest BCUT2D eigenvalue weighted by Gasteiger charge is 2.27. The summed E-state index contributed by atoms with van der Waals surface area (Å²) in [5, 5.41) is 3.26. The van der Waals surface area contributed by atoms with Crippen molar-refractivity contribution in [3.63, 3.8) is 0 Å². The van der Waals surface area contributed by atoms with Crippen LogP contribution in [0.5, 0.6) is 0 Å². The summed E-state index contributed by atoms with van der Waals surface area (Å²) in [6, 6.07) is 0.397. The molecule has 2 rings (SSSR count). The summed E-state index contributed by atoms with van der Waals surface area (Å²) >= 11 is 1.72. The molecule has 0 amide bonds. The van der Waals surface area contributed by atoms with E-state index in [0.29, 0.717) is 6.04 Å². The molecule has 0 N–H and O–H groups in total. The van der Waals surface area contributed by atoms with Gasteiger partial charge in [0.25, 0.3) is 0 Å². The van der Waals surface area contributed by atoms with Crippen molar-refractivity contribution < 1.29 is 4.74 Å². The number of morpholine rings is 1. The average Bonchev–Trinajstić information content (AvgIpc) is 2.87. The van der Waals surface area contributed by atoms with Crippen molar-refractivity contribution in [2.24, 2.45) is 0 Å². The summed E-state index contributed by atoms with van der Waals surface area (Å²) in [6.07, 6.45) is 2.10. The molecule has 0 bridgehead atoms. The summed E-state index contributed by atoms with van der Waals surface area (Å²) in [5.41, 5.74) is 1.27. The third kappa shape index (κ3) is 3.44. The van der Waals surface area contributed by atoms with E-state index >= 15 is 0 Å². The zero-order valence-corrected chi connectivity index (χ0v) is 13.2. The number of thiazole rings is 1. The van der Waals surface area contributed by atoms with Crippen LogP contribution < -0.4 is 0 Å². The Morgan fingerprint density at radius 3 is 2.89 bits per heavy atom.